The highest BCUT2D eigenvalue weighted by atomic mass is 32.1. The van der Waals surface area contributed by atoms with E-state index in [1.165, 1.54) is 11.3 Å². The predicted octanol–water partition coefficient (Wildman–Crippen LogP) is 2.30. The van der Waals surface area contributed by atoms with Crippen LogP contribution in [0.3, 0.4) is 0 Å². The molecule has 0 bridgehead atoms. The molecule has 0 amide bonds. The van der Waals surface area contributed by atoms with Crippen LogP contribution in [0, 0.1) is 0 Å². The monoisotopic (exact) mass is 247 g/mol. The van der Waals surface area contributed by atoms with Crippen LogP contribution < -0.4 is 11.1 Å². The fourth-order valence-corrected chi connectivity index (χ4v) is 2.23. The van der Waals surface area contributed by atoms with E-state index < -0.39 is 0 Å². The lowest BCUT2D eigenvalue weighted by Crippen LogP contribution is -2.12. The molecule has 0 unspecified atom stereocenters. The van der Waals surface area contributed by atoms with Crippen molar-refractivity contribution in [3.05, 3.63) is 46.4 Å². The Labute approximate surface area is 106 Å². The largest absolute Gasteiger partial charge is 0.384 e. The number of nitrogens with one attached hydrogen (secondary N) is 1. The summed E-state index contributed by atoms with van der Waals surface area (Å²) < 4.78 is 0. The number of thiazole rings is 1. The summed E-state index contributed by atoms with van der Waals surface area (Å²) in [5.74, 6) is 0. The lowest BCUT2D eigenvalue weighted by Gasteiger charge is -2.05. The van der Waals surface area contributed by atoms with Crippen LogP contribution in [-0.2, 0) is 12.8 Å². The van der Waals surface area contributed by atoms with Crippen molar-refractivity contribution >= 4 is 17.0 Å². The van der Waals surface area contributed by atoms with Crippen molar-refractivity contribution in [2.24, 2.45) is 5.73 Å². The molecule has 3 nitrogen and oxygen atoms in total. The molecular formula is C13H17N3S. The van der Waals surface area contributed by atoms with Crippen molar-refractivity contribution in [2.45, 2.75) is 12.8 Å². The highest BCUT2D eigenvalue weighted by Gasteiger charge is 1.98. The first kappa shape index (κ1) is 12.1. The Bertz CT molecular complexity index is 422. The van der Waals surface area contributed by atoms with Gasteiger partial charge in [-0.05, 0) is 30.5 Å². The van der Waals surface area contributed by atoms with E-state index in [0.717, 1.165) is 25.1 Å². The molecule has 1 aromatic heterocycles. The summed E-state index contributed by atoms with van der Waals surface area (Å²) in [5, 5.41) is 5.36. The molecule has 0 aliphatic heterocycles. The van der Waals surface area contributed by atoms with Gasteiger partial charge in [0, 0.05) is 24.2 Å². The molecule has 4 heteroatoms. The molecule has 2 rings (SSSR count). The average molecular weight is 247 g/mol. The fourth-order valence-electron chi connectivity index (χ4n) is 1.64. The number of nitrogens with two attached hydrogens (primary N) is 1. The molecule has 0 saturated carbocycles. The van der Waals surface area contributed by atoms with Gasteiger partial charge in [0.05, 0.1) is 11.2 Å². The van der Waals surface area contributed by atoms with Gasteiger partial charge >= 0.3 is 0 Å². The van der Waals surface area contributed by atoms with Gasteiger partial charge in [-0.15, -0.1) is 11.3 Å². The minimum absolute atomic E-state index is 0.658. The number of nitrogens with zero attached hydrogens (tertiary/aromatic N) is 1. The third-order valence-corrected chi connectivity index (χ3v) is 3.22. The maximum atomic E-state index is 5.44. The standard InChI is InChI=1S/C13H17N3S/c14-7-8-15-12-4-1-11(2-5-12)3-6-13-9-17-10-16-13/h1-2,4-5,9-10,15H,3,6-8,14H2. The van der Waals surface area contributed by atoms with E-state index in [4.69, 9.17) is 5.73 Å². The van der Waals surface area contributed by atoms with E-state index in [2.05, 4.69) is 39.9 Å². The zero-order valence-corrected chi connectivity index (χ0v) is 10.5. The molecule has 0 aliphatic carbocycles. The minimum Gasteiger partial charge on any atom is -0.384 e. The van der Waals surface area contributed by atoms with Crippen LogP contribution in [0.2, 0.25) is 0 Å². The molecule has 1 heterocycles. The molecule has 0 fully saturated rings. The number of hydrogen-bond donors (Lipinski definition) is 2. The SMILES string of the molecule is NCCNc1ccc(CCc2cscn2)cc1. The molecule has 90 valence electrons. The van der Waals surface area contributed by atoms with Crippen molar-refractivity contribution in [3.63, 3.8) is 0 Å². The summed E-state index contributed by atoms with van der Waals surface area (Å²) in [6.07, 6.45) is 2.06. The van der Waals surface area contributed by atoms with E-state index in [1.807, 2.05) is 5.51 Å². The number of hydrogen-bond acceptors (Lipinski definition) is 4. The molecule has 0 spiro atoms. The smallest absolute Gasteiger partial charge is 0.0794 e. The van der Waals surface area contributed by atoms with Gasteiger partial charge in [0.15, 0.2) is 0 Å². The quantitative estimate of drug-likeness (QED) is 0.823. The zero-order chi connectivity index (χ0) is 11.9. The summed E-state index contributed by atoms with van der Waals surface area (Å²) >= 11 is 1.65. The van der Waals surface area contributed by atoms with E-state index >= 15 is 0 Å². The third kappa shape index (κ3) is 3.84. The number of aromatic nitrogens is 1. The fraction of sp³-hybridized carbons (Fsp3) is 0.308. The number of aryl methyl sites for hydroxylation is 2. The Hall–Kier alpha value is -1.39. The van der Waals surface area contributed by atoms with Gasteiger partial charge in [-0.25, -0.2) is 4.98 Å². The number of anilines is 1. The molecule has 1 aromatic carbocycles. The van der Waals surface area contributed by atoms with Gasteiger partial charge in [-0.1, -0.05) is 12.1 Å². The highest BCUT2D eigenvalue weighted by Crippen LogP contribution is 2.12. The lowest BCUT2D eigenvalue weighted by molar-refractivity contribution is 0.925. The van der Waals surface area contributed by atoms with E-state index in [0.29, 0.717) is 6.54 Å². The zero-order valence-electron chi connectivity index (χ0n) is 9.73. The second-order valence-corrected chi connectivity index (χ2v) is 4.61. The van der Waals surface area contributed by atoms with E-state index in [9.17, 15) is 0 Å². The Morgan fingerprint density at radius 2 is 2.00 bits per heavy atom. The summed E-state index contributed by atoms with van der Waals surface area (Å²) in [7, 11) is 0. The van der Waals surface area contributed by atoms with Gasteiger partial charge in [-0.3, -0.25) is 0 Å². The van der Waals surface area contributed by atoms with Crippen molar-refractivity contribution in [1.82, 2.24) is 4.98 Å². The number of rotatable bonds is 6. The van der Waals surface area contributed by atoms with Crippen molar-refractivity contribution in [1.29, 1.82) is 0 Å². The van der Waals surface area contributed by atoms with Crippen molar-refractivity contribution in [3.8, 4) is 0 Å². The molecule has 0 radical (unpaired) electrons. The second-order valence-electron chi connectivity index (χ2n) is 3.89. The molecule has 0 saturated heterocycles. The maximum absolute atomic E-state index is 5.44. The van der Waals surface area contributed by atoms with Crippen molar-refractivity contribution < 1.29 is 0 Å². The van der Waals surface area contributed by atoms with Gasteiger partial charge in [-0.2, -0.15) is 0 Å². The van der Waals surface area contributed by atoms with Crippen LogP contribution >= 0.6 is 11.3 Å². The minimum atomic E-state index is 0.658. The Balaban J connectivity index is 1.85. The highest BCUT2D eigenvalue weighted by molar-refractivity contribution is 7.07. The maximum Gasteiger partial charge on any atom is 0.0794 e. The normalized spacial score (nSPS) is 10.4. The van der Waals surface area contributed by atoms with Crippen molar-refractivity contribution in [2.75, 3.05) is 18.4 Å². The molecule has 0 atom stereocenters. The Kier molecular flexibility index (Phi) is 4.53. The Morgan fingerprint density at radius 3 is 2.65 bits per heavy atom. The van der Waals surface area contributed by atoms with Crippen LogP contribution in [0.25, 0.3) is 0 Å². The van der Waals surface area contributed by atoms with Gasteiger partial charge in [0.1, 0.15) is 0 Å². The summed E-state index contributed by atoms with van der Waals surface area (Å²) in [6.45, 7) is 1.48. The molecule has 3 N–H and O–H groups in total. The topological polar surface area (TPSA) is 50.9 Å². The summed E-state index contributed by atoms with van der Waals surface area (Å²) in [6, 6.07) is 8.52. The average Bonchev–Trinajstić information content (AvgIpc) is 2.88. The first-order valence-electron chi connectivity index (χ1n) is 5.78. The summed E-state index contributed by atoms with van der Waals surface area (Å²) in [5.41, 5.74) is 11.0. The predicted molar refractivity (Wildman–Crippen MR) is 73.5 cm³/mol. The first-order chi connectivity index (χ1) is 8.38. The molecule has 2 aromatic rings. The lowest BCUT2D eigenvalue weighted by atomic mass is 10.1. The van der Waals surface area contributed by atoms with Gasteiger partial charge in [0.25, 0.3) is 0 Å². The van der Waals surface area contributed by atoms with E-state index in [1.54, 1.807) is 11.3 Å². The molecule has 0 aliphatic rings. The number of benzene rings is 1. The Morgan fingerprint density at radius 1 is 1.18 bits per heavy atom. The van der Waals surface area contributed by atoms with Crippen LogP contribution in [0.15, 0.2) is 35.2 Å². The first-order valence-corrected chi connectivity index (χ1v) is 6.72. The second kappa shape index (κ2) is 6.37. The van der Waals surface area contributed by atoms with Crippen LogP contribution in [0.1, 0.15) is 11.3 Å². The van der Waals surface area contributed by atoms with Gasteiger partial charge < -0.3 is 11.1 Å². The van der Waals surface area contributed by atoms with Crippen LogP contribution in [0.4, 0.5) is 5.69 Å². The molecule has 17 heavy (non-hydrogen) atoms. The molecular weight excluding hydrogens is 230 g/mol. The third-order valence-electron chi connectivity index (χ3n) is 2.58. The van der Waals surface area contributed by atoms with Crippen LogP contribution in [0.5, 0.6) is 0 Å². The van der Waals surface area contributed by atoms with E-state index in [-0.39, 0.29) is 0 Å². The van der Waals surface area contributed by atoms with Gasteiger partial charge in [0.2, 0.25) is 0 Å². The summed E-state index contributed by atoms with van der Waals surface area (Å²) in [4.78, 5) is 4.28. The van der Waals surface area contributed by atoms with Crippen LogP contribution in [-0.4, -0.2) is 18.1 Å².